The molecule has 2 aliphatic rings. The fourth-order valence-electron chi connectivity index (χ4n) is 3.62. The van der Waals surface area contributed by atoms with Gasteiger partial charge in [-0.05, 0) is 31.2 Å². The summed E-state index contributed by atoms with van der Waals surface area (Å²) in [5, 5.41) is 13.4. The van der Waals surface area contributed by atoms with Crippen molar-refractivity contribution in [2.45, 2.75) is 25.6 Å². The highest BCUT2D eigenvalue weighted by Gasteiger charge is 2.55. The SMILES string of the molecule is COc1ccc(N2C(=O)[C@H]3N=NN(Cc4nc(-c5ccc(C)cc5)no4)[C@H]3C2=O)cc1. The van der Waals surface area contributed by atoms with Gasteiger partial charge in [0.25, 0.3) is 11.8 Å². The van der Waals surface area contributed by atoms with E-state index >= 15 is 0 Å². The molecular formula is C21H18N6O4. The van der Waals surface area contributed by atoms with Gasteiger partial charge in [0.15, 0.2) is 12.1 Å². The number of hydrogen-bond acceptors (Lipinski definition) is 9. The average molecular weight is 418 g/mol. The fraction of sp³-hybridized carbons (Fsp3) is 0.238. The van der Waals surface area contributed by atoms with Crippen molar-refractivity contribution < 1.29 is 18.8 Å². The zero-order valence-electron chi connectivity index (χ0n) is 16.8. The van der Waals surface area contributed by atoms with Crippen molar-refractivity contribution in [1.82, 2.24) is 15.1 Å². The van der Waals surface area contributed by atoms with Gasteiger partial charge >= 0.3 is 0 Å². The summed E-state index contributed by atoms with van der Waals surface area (Å²) < 4.78 is 10.5. The van der Waals surface area contributed by atoms with E-state index in [4.69, 9.17) is 9.26 Å². The molecule has 1 aromatic heterocycles. The van der Waals surface area contributed by atoms with Crippen molar-refractivity contribution in [3.63, 3.8) is 0 Å². The molecule has 156 valence electrons. The van der Waals surface area contributed by atoms with Crippen LogP contribution in [0.2, 0.25) is 0 Å². The Balaban J connectivity index is 1.34. The van der Waals surface area contributed by atoms with Gasteiger partial charge in [-0.2, -0.15) is 10.1 Å². The fourth-order valence-corrected chi connectivity index (χ4v) is 3.62. The third-order valence-electron chi connectivity index (χ3n) is 5.26. The summed E-state index contributed by atoms with van der Waals surface area (Å²) in [5.41, 5.74) is 2.40. The van der Waals surface area contributed by atoms with Gasteiger partial charge in [0, 0.05) is 5.56 Å². The Morgan fingerprint density at radius 1 is 1.03 bits per heavy atom. The molecule has 2 aromatic carbocycles. The first-order valence-electron chi connectivity index (χ1n) is 9.64. The molecule has 1 saturated heterocycles. The molecule has 3 heterocycles. The molecule has 3 aromatic rings. The second-order valence-corrected chi connectivity index (χ2v) is 7.28. The van der Waals surface area contributed by atoms with Crippen molar-refractivity contribution in [2.24, 2.45) is 10.3 Å². The van der Waals surface area contributed by atoms with Gasteiger partial charge in [-0.1, -0.05) is 40.2 Å². The number of hydrogen-bond donors (Lipinski definition) is 0. The van der Waals surface area contributed by atoms with Crippen molar-refractivity contribution in [2.75, 3.05) is 12.0 Å². The monoisotopic (exact) mass is 418 g/mol. The number of benzene rings is 2. The molecule has 1 fully saturated rings. The first kappa shape index (κ1) is 18.9. The number of aryl methyl sites for hydroxylation is 1. The predicted octanol–water partition coefficient (Wildman–Crippen LogP) is 2.55. The van der Waals surface area contributed by atoms with E-state index in [0.717, 1.165) is 16.0 Å². The van der Waals surface area contributed by atoms with Gasteiger partial charge in [-0.15, -0.1) is 0 Å². The number of carbonyl (C=O) groups excluding carboxylic acids is 2. The number of ether oxygens (including phenoxy) is 1. The first-order valence-corrected chi connectivity index (χ1v) is 9.64. The van der Waals surface area contributed by atoms with Crippen molar-refractivity contribution in [3.05, 3.63) is 60.0 Å². The molecule has 2 amide bonds. The standard InChI is InChI=1S/C21H18N6O4/c1-12-3-5-13(6-4-12)19-22-16(31-24-19)11-26-18-17(23-25-26)20(28)27(21(18)29)14-7-9-15(30-2)10-8-14/h3-10,17-18H,11H2,1-2H3/t17-,18+/m0/s1. The van der Waals surface area contributed by atoms with Crippen LogP contribution in [0.4, 0.5) is 5.69 Å². The summed E-state index contributed by atoms with van der Waals surface area (Å²) >= 11 is 0. The van der Waals surface area contributed by atoms with Crippen LogP contribution in [0, 0.1) is 6.92 Å². The topological polar surface area (TPSA) is 113 Å². The highest BCUT2D eigenvalue weighted by Crippen LogP contribution is 2.33. The predicted molar refractivity (Wildman–Crippen MR) is 108 cm³/mol. The van der Waals surface area contributed by atoms with Crippen LogP contribution >= 0.6 is 0 Å². The minimum atomic E-state index is -0.894. The molecule has 2 atom stereocenters. The molecule has 0 aliphatic carbocycles. The van der Waals surface area contributed by atoms with E-state index in [2.05, 4.69) is 20.5 Å². The number of nitrogens with zero attached hydrogens (tertiary/aromatic N) is 6. The molecule has 31 heavy (non-hydrogen) atoms. The second kappa shape index (κ2) is 7.31. The summed E-state index contributed by atoms with van der Waals surface area (Å²) in [6.07, 6.45) is 0. The number of fused-ring (bicyclic) bond motifs is 1. The molecule has 0 spiro atoms. The molecule has 0 unspecified atom stereocenters. The summed E-state index contributed by atoms with van der Waals surface area (Å²) in [6.45, 7) is 2.06. The number of imide groups is 1. The number of anilines is 1. The van der Waals surface area contributed by atoms with E-state index in [1.165, 1.54) is 5.01 Å². The van der Waals surface area contributed by atoms with E-state index in [1.807, 2.05) is 31.2 Å². The van der Waals surface area contributed by atoms with Crippen molar-refractivity contribution in [3.8, 4) is 17.1 Å². The summed E-state index contributed by atoms with van der Waals surface area (Å²) in [4.78, 5) is 31.4. The third kappa shape index (κ3) is 3.21. The van der Waals surface area contributed by atoms with E-state index in [1.54, 1.807) is 31.4 Å². The van der Waals surface area contributed by atoms with Crippen LogP contribution in [0.3, 0.4) is 0 Å². The second-order valence-electron chi connectivity index (χ2n) is 7.28. The summed E-state index contributed by atoms with van der Waals surface area (Å²) in [6, 6.07) is 12.7. The Bertz CT molecular complexity index is 1170. The number of amides is 2. The molecule has 0 N–H and O–H groups in total. The van der Waals surface area contributed by atoms with E-state index < -0.39 is 23.9 Å². The number of aromatic nitrogens is 2. The molecule has 0 bridgehead atoms. The minimum Gasteiger partial charge on any atom is -0.497 e. The van der Waals surface area contributed by atoms with E-state index in [0.29, 0.717) is 17.3 Å². The lowest BCUT2D eigenvalue weighted by Crippen LogP contribution is -2.39. The van der Waals surface area contributed by atoms with Gasteiger partial charge in [0.1, 0.15) is 12.3 Å². The molecule has 2 aliphatic heterocycles. The van der Waals surface area contributed by atoms with Gasteiger partial charge in [-0.25, -0.2) is 4.90 Å². The Kier molecular flexibility index (Phi) is 4.46. The molecule has 10 heteroatoms. The van der Waals surface area contributed by atoms with Crippen LogP contribution in [0.5, 0.6) is 5.75 Å². The van der Waals surface area contributed by atoms with Crippen LogP contribution in [-0.4, -0.2) is 46.2 Å². The van der Waals surface area contributed by atoms with E-state index in [-0.39, 0.29) is 12.4 Å². The normalized spacial score (nSPS) is 19.9. The molecular weight excluding hydrogens is 400 g/mol. The maximum atomic E-state index is 13.1. The van der Waals surface area contributed by atoms with Gasteiger partial charge in [-0.3, -0.25) is 14.6 Å². The molecule has 10 nitrogen and oxygen atoms in total. The highest BCUT2D eigenvalue weighted by atomic mass is 16.5. The van der Waals surface area contributed by atoms with E-state index in [9.17, 15) is 9.59 Å². The lowest BCUT2D eigenvalue weighted by atomic mass is 10.1. The number of carbonyl (C=O) groups is 2. The Labute approximate surface area is 177 Å². The Morgan fingerprint density at radius 3 is 2.48 bits per heavy atom. The van der Waals surface area contributed by atoms with Crippen molar-refractivity contribution >= 4 is 17.5 Å². The highest BCUT2D eigenvalue weighted by molar-refractivity contribution is 6.25. The lowest BCUT2D eigenvalue weighted by molar-refractivity contribution is -0.123. The van der Waals surface area contributed by atoms with Crippen LogP contribution < -0.4 is 9.64 Å². The first-order chi connectivity index (χ1) is 15.0. The smallest absolute Gasteiger partial charge is 0.263 e. The molecule has 0 radical (unpaired) electrons. The zero-order chi connectivity index (χ0) is 21.5. The Morgan fingerprint density at radius 2 is 1.77 bits per heavy atom. The zero-order valence-corrected chi connectivity index (χ0v) is 16.8. The van der Waals surface area contributed by atoms with Crippen LogP contribution in [0.1, 0.15) is 11.5 Å². The van der Waals surface area contributed by atoms with Crippen LogP contribution in [0.15, 0.2) is 63.4 Å². The Hall–Kier alpha value is -4.08. The quantitative estimate of drug-likeness (QED) is 0.585. The summed E-state index contributed by atoms with van der Waals surface area (Å²) in [5.74, 6) is 0.528. The third-order valence-corrected chi connectivity index (χ3v) is 5.26. The average Bonchev–Trinajstić information content (AvgIpc) is 3.47. The molecule has 0 saturated carbocycles. The van der Waals surface area contributed by atoms with Gasteiger partial charge < -0.3 is 9.26 Å². The maximum absolute atomic E-state index is 13.1. The lowest BCUT2D eigenvalue weighted by Gasteiger charge is -2.19. The van der Waals surface area contributed by atoms with Crippen LogP contribution in [0.25, 0.3) is 11.4 Å². The number of rotatable bonds is 5. The van der Waals surface area contributed by atoms with Crippen molar-refractivity contribution in [1.29, 1.82) is 0 Å². The van der Waals surface area contributed by atoms with Crippen LogP contribution in [-0.2, 0) is 16.1 Å². The maximum Gasteiger partial charge on any atom is 0.263 e. The molecule has 5 rings (SSSR count). The minimum absolute atomic E-state index is 0.0685. The number of methoxy groups -OCH3 is 1. The largest absolute Gasteiger partial charge is 0.497 e. The summed E-state index contributed by atoms with van der Waals surface area (Å²) in [7, 11) is 1.55. The van der Waals surface area contributed by atoms with Gasteiger partial charge in [0.05, 0.1) is 12.8 Å². The van der Waals surface area contributed by atoms with Gasteiger partial charge in [0.2, 0.25) is 11.7 Å².